The number of nitrogens with one attached hydrogen (secondary N) is 1. The fourth-order valence-corrected chi connectivity index (χ4v) is 4.82. The maximum absolute atomic E-state index is 9.65. The average Bonchev–Trinajstić information content (AvgIpc) is 3.14. The summed E-state index contributed by atoms with van der Waals surface area (Å²) in [6, 6.07) is 9.46. The van der Waals surface area contributed by atoms with Gasteiger partial charge in [-0.2, -0.15) is 0 Å². The minimum absolute atomic E-state index is 0. The van der Waals surface area contributed by atoms with E-state index in [4.69, 9.17) is 10.4 Å². The Morgan fingerprint density at radius 3 is 2.44 bits per heavy atom. The van der Waals surface area contributed by atoms with Gasteiger partial charge in [-0.05, 0) is 24.8 Å². The van der Waals surface area contributed by atoms with Gasteiger partial charge in [-0.3, -0.25) is 5.32 Å². The summed E-state index contributed by atoms with van der Waals surface area (Å²) in [7, 11) is 0. The molecule has 0 amide bonds. The van der Waals surface area contributed by atoms with Crippen LogP contribution >= 0.6 is 0 Å². The molecule has 0 spiro atoms. The third-order valence-corrected chi connectivity index (χ3v) is 6.28. The van der Waals surface area contributed by atoms with Crippen molar-refractivity contribution in [2.45, 2.75) is 75.9 Å². The van der Waals surface area contributed by atoms with Gasteiger partial charge in [-0.25, -0.2) is 0 Å². The Labute approximate surface area is 178 Å². The molecule has 0 saturated heterocycles. The second kappa shape index (κ2) is 11.7. The molecule has 1 aromatic rings. The number of rotatable bonds is 4. The molecule has 4 nitrogen and oxygen atoms in total. The second-order valence-corrected chi connectivity index (χ2v) is 8.21. The van der Waals surface area contributed by atoms with Gasteiger partial charge in [0, 0.05) is 27.6 Å². The standard InChI is InChI=1S/C15H20N.C7H15NO2.W/c1-2-7-13(8-3-1)15-14-9-5-4-6-12(14)10-11-16-15;9-6-8-5-7(10)3-1-2-4-7;/h4-6,9,13,15H,1-3,7-8,10-11H2;8-10H,1-6H2;/q-1;;. The van der Waals surface area contributed by atoms with Gasteiger partial charge in [0.25, 0.3) is 0 Å². The van der Waals surface area contributed by atoms with Crippen molar-refractivity contribution in [1.29, 1.82) is 0 Å². The number of aliphatic hydroxyl groups excluding tert-OH is 1. The van der Waals surface area contributed by atoms with E-state index in [2.05, 4.69) is 29.6 Å². The molecule has 27 heavy (non-hydrogen) atoms. The molecule has 0 radical (unpaired) electrons. The van der Waals surface area contributed by atoms with Crippen LogP contribution in [-0.2, 0) is 27.5 Å². The third-order valence-electron chi connectivity index (χ3n) is 6.28. The van der Waals surface area contributed by atoms with E-state index in [1.165, 1.54) is 37.7 Å². The summed E-state index contributed by atoms with van der Waals surface area (Å²) in [5, 5.41) is 25.7. The van der Waals surface area contributed by atoms with Crippen molar-refractivity contribution in [3.05, 3.63) is 40.7 Å². The van der Waals surface area contributed by atoms with Crippen LogP contribution < -0.4 is 5.32 Å². The van der Waals surface area contributed by atoms with Crippen molar-refractivity contribution in [3.63, 3.8) is 0 Å². The van der Waals surface area contributed by atoms with Gasteiger partial charge in [0.15, 0.2) is 0 Å². The molecule has 4 rings (SSSR count). The van der Waals surface area contributed by atoms with E-state index in [0.29, 0.717) is 12.6 Å². The molecule has 1 unspecified atom stereocenters. The molecule has 1 heterocycles. The Morgan fingerprint density at radius 2 is 1.74 bits per heavy atom. The first kappa shape index (κ1) is 23.0. The van der Waals surface area contributed by atoms with Gasteiger partial charge in [0.1, 0.15) is 0 Å². The van der Waals surface area contributed by atoms with Crippen LogP contribution in [0.2, 0.25) is 0 Å². The number of hydrogen-bond donors (Lipinski definition) is 3. The number of hydrogen-bond acceptors (Lipinski definition) is 3. The minimum Gasteiger partial charge on any atom is -0.655 e. The second-order valence-electron chi connectivity index (χ2n) is 8.21. The van der Waals surface area contributed by atoms with Crippen molar-refractivity contribution in [2.75, 3.05) is 19.8 Å². The van der Waals surface area contributed by atoms with E-state index in [1.54, 1.807) is 5.56 Å². The van der Waals surface area contributed by atoms with Gasteiger partial charge in [-0.1, -0.05) is 80.7 Å². The number of nitrogens with zero attached hydrogens (tertiary/aromatic N) is 1. The number of aliphatic hydroxyl groups is 2. The number of fused-ring (bicyclic) bond motifs is 1. The van der Waals surface area contributed by atoms with Crippen LogP contribution in [0.3, 0.4) is 0 Å². The molecule has 152 valence electrons. The van der Waals surface area contributed by atoms with E-state index in [9.17, 15) is 5.11 Å². The molecular weight excluding hydrogens is 508 g/mol. The molecule has 0 aromatic heterocycles. The quantitative estimate of drug-likeness (QED) is 0.502. The SMILES string of the molecule is OCNCC1(O)CCCC1.[W].c1ccc2c(c1)CC[N-]C2C1CCCCC1. The van der Waals surface area contributed by atoms with Crippen molar-refractivity contribution in [3.8, 4) is 0 Å². The maximum atomic E-state index is 9.65. The first-order valence-electron chi connectivity index (χ1n) is 10.5. The largest absolute Gasteiger partial charge is 0.655 e. The van der Waals surface area contributed by atoms with Crippen molar-refractivity contribution in [1.82, 2.24) is 5.32 Å². The van der Waals surface area contributed by atoms with Crippen LogP contribution in [0.15, 0.2) is 24.3 Å². The summed E-state index contributed by atoms with van der Waals surface area (Å²) in [5.41, 5.74) is 2.55. The molecule has 2 saturated carbocycles. The Kier molecular flexibility index (Phi) is 9.96. The normalized spacial score (nSPS) is 24.3. The smallest absolute Gasteiger partial charge is 0.0932 e. The summed E-state index contributed by atoms with van der Waals surface area (Å²) in [6.07, 6.45) is 12.2. The zero-order valence-electron chi connectivity index (χ0n) is 16.4. The molecule has 3 aliphatic rings. The Bertz CT molecular complexity index is 543. The molecular formula is C22H35N2O2W-. The van der Waals surface area contributed by atoms with Crippen LogP contribution in [0.25, 0.3) is 5.32 Å². The van der Waals surface area contributed by atoms with E-state index in [1.807, 2.05) is 0 Å². The molecule has 0 bridgehead atoms. The van der Waals surface area contributed by atoms with Crippen molar-refractivity contribution in [2.24, 2.45) is 5.92 Å². The molecule has 1 aliphatic heterocycles. The zero-order chi connectivity index (χ0) is 18.2. The van der Waals surface area contributed by atoms with Gasteiger partial charge in [0.2, 0.25) is 0 Å². The summed E-state index contributed by atoms with van der Waals surface area (Å²) in [6.45, 7) is 1.53. The predicted octanol–water partition coefficient (Wildman–Crippen LogP) is 4.07. The fourth-order valence-electron chi connectivity index (χ4n) is 4.82. The predicted molar refractivity (Wildman–Crippen MR) is 106 cm³/mol. The van der Waals surface area contributed by atoms with Crippen molar-refractivity contribution >= 4 is 0 Å². The Balaban J connectivity index is 0.000000208. The van der Waals surface area contributed by atoms with E-state index in [-0.39, 0.29) is 27.8 Å². The van der Waals surface area contributed by atoms with Crippen LogP contribution in [-0.4, -0.2) is 35.6 Å². The van der Waals surface area contributed by atoms with Gasteiger partial charge >= 0.3 is 0 Å². The van der Waals surface area contributed by atoms with Crippen LogP contribution in [0.4, 0.5) is 0 Å². The topological polar surface area (TPSA) is 66.6 Å². The van der Waals surface area contributed by atoms with Gasteiger partial charge in [0.05, 0.1) is 12.3 Å². The minimum atomic E-state index is -0.525. The maximum Gasteiger partial charge on any atom is 0.0932 e. The monoisotopic (exact) mass is 543 g/mol. The average molecular weight is 543 g/mol. The van der Waals surface area contributed by atoms with E-state index < -0.39 is 5.60 Å². The molecule has 1 aromatic carbocycles. The Hall–Kier alpha value is -0.252. The molecule has 1 atom stereocenters. The van der Waals surface area contributed by atoms with Crippen LogP contribution in [0.5, 0.6) is 0 Å². The fraction of sp³-hybridized carbons (Fsp3) is 0.727. The molecule has 2 aliphatic carbocycles. The van der Waals surface area contributed by atoms with Gasteiger partial charge < -0.3 is 15.5 Å². The van der Waals surface area contributed by atoms with Crippen LogP contribution in [0.1, 0.15) is 75.0 Å². The van der Waals surface area contributed by atoms with Gasteiger partial charge in [-0.15, -0.1) is 12.6 Å². The van der Waals surface area contributed by atoms with E-state index >= 15 is 0 Å². The molecule has 3 N–H and O–H groups in total. The van der Waals surface area contributed by atoms with Crippen molar-refractivity contribution < 1.29 is 31.3 Å². The summed E-state index contributed by atoms with van der Waals surface area (Å²) in [5.74, 6) is 0.829. The third kappa shape index (κ3) is 6.64. The van der Waals surface area contributed by atoms with Crippen LogP contribution in [0, 0.1) is 5.92 Å². The number of benzene rings is 1. The zero-order valence-corrected chi connectivity index (χ0v) is 19.3. The summed E-state index contributed by atoms with van der Waals surface area (Å²) < 4.78 is 0. The first-order valence-corrected chi connectivity index (χ1v) is 10.5. The van der Waals surface area contributed by atoms with E-state index in [0.717, 1.165) is 44.6 Å². The summed E-state index contributed by atoms with van der Waals surface area (Å²) >= 11 is 0. The first-order chi connectivity index (χ1) is 12.7. The molecule has 2 fully saturated rings. The Morgan fingerprint density at radius 1 is 1.04 bits per heavy atom. The summed E-state index contributed by atoms with van der Waals surface area (Å²) in [4.78, 5) is 0. The molecule has 5 heteroatoms.